The van der Waals surface area contributed by atoms with E-state index in [4.69, 9.17) is 4.74 Å². The number of hydrogen-bond donors (Lipinski definition) is 1. The molecule has 1 amide bonds. The van der Waals surface area contributed by atoms with Gasteiger partial charge in [0.15, 0.2) is 0 Å². The highest BCUT2D eigenvalue weighted by atomic mass is 16.6. The number of ether oxygens (including phenoxy) is 1. The van der Waals surface area contributed by atoms with Crippen LogP contribution in [0.3, 0.4) is 0 Å². The Bertz CT molecular complexity index is 1110. The predicted molar refractivity (Wildman–Crippen MR) is 114 cm³/mol. The van der Waals surface area contributed by atoms with Crippen molar-refractivity contribution in [2.75, 3.05) is 19.7 Å². The fraction of sp³-hybridized carbons (Fsp3) is 0.292. The highest BCUT2D eigenvalue weighted by Crippen LogP contribution is 2.44. The second-order valence-corrected chi connectivity index (χ2v) is 8.21. The maximum Gasteiger partial charge on any atom is 0.409 e. The molecule has 1 N–H and O–H groups in total. The molecule has 7 heteroatoms. The molecule has 1 fully saturated rings. The van der Waals surface area contributed by atoms with Gasteiger partial charge >= 0.3 is 12.1 Å². The molecule has 2 atom stereocenters. The van der Waals surface area contributed by atoms with Crippen LogP contribution in [0.5, 0.6) is 0 Å². The fourth-order valence-corrected chi connectivity index (χ4v) is 4.86. The Morgan fingerprint density at radius 3 is 2.29 bits per heavy atom. The third kappa shape index (κ3) is 3.36. The first-order chi connectivity index (χ1) is 15.0. The highest BCUT2D eigenvalue weighted by Gasteiger charge is 2.42. The largest absolute Gasteiger partial charge is 0.481 e. The summed E-state index contributed by atoms with van der Waals surface area (Å²) in [6, 6.07) is 16.3. The lowest BCUT2D eigenvalue weighted by atomic mass is 9.91. The summed E-state index contributed by atoms with van der Waals surface area (Å²) in [6.45, 7) is 0.656. The van der Waals surface area contributed by atoms with Crippen molar-refractivity contribution in [2.45, 2.75) is 11.8 Å². The van der Waals surface area contributed by atoms with Crippen molar-refractivity contribution in [2.24, 2.45) is 13.0 Å². The van der Waals surface area contributed by atoms with Crippen LogP contribution in [0, 0.1) is 5.92 Å². The average molecular weight is 417 g/mol. The first-order valence-corrected chi connectivity index (χ1v) is 10.3. The molecule has 5 rings (SSSR count). The Morgan fingerprint density at radius 1 is 1.06 bits per heavy atom. The Morgan fingerprint density at radius 2 is 1.71 bits per heavy atom. The van der Waals surface area contributed by atoms with Gasteiger partial charge in [0.1, 0.15) is 6.61 Å². The highest BCUT2D eigenvalue weighted by molar-refractivity contribution is 5.79. The molecule has 1 saturated heterocycles. The number of fused-ring (bicyclic) bond motifs is 3. The zero-order valence-corrected chi connectivity index (χ0v) is 17.1. The van der Waals surface area contributed by atoms with Crippen LogP contribution in [0.2, 0.25) is 0 Å². The lowest BCUT2D eigenvalue weighted by Gasteiger charge is -2.19. The predicted octanol–water partition coefficient (Wildman–Crippen LogP) is 3.47. The van der Waals surface area contributed by atoms with Crippen LogP contribution in [0.25, 0.3) is 11.1 Å². The molecule has 0 spiro atoms. The molecular formula is C24H23N3O4. The average Bonchev–Trinajstić information content (AvgIpc) is 3.47. The minimum Gasteiger partial charge on any atom is -0.481 e. The molecule has 3 aromatic rings. The number of carboxylic acid groups (broad SMARTS) is 1. The standard InChI is InChI=1S/C24H23N3O4/c1-26-11-15(10-25-26)20-12-27(13-21(20)23(28)29)24(30)31-14-22-18-8-4-2-6-16(18)17-7-3-5-9-19(17)22/h2-11,20-22H,12-14H2,1H3,(H,28,29). The van der Waals surface area contributed by atoms with Gasteiger partial charge in [-0.2, -0.15) is 5.10 Å². The molecule has 7 nitrogen and oxygen atoms in total. The van der Waals surface area contributed by atoms with Crippen molar-refractivity contribution in [3.8, 4) is 11.1 Å². The molecule has 0 radical (unpaired) electrons. The van der Waals surface area contributed by atoms with Crippen LogP contribution in [-0.2, 0) is 16.6 Å². The van der Waals surface area contributed by atoms with Gasteiger partial charge in [-0.15, -0.1) is 0 Å². The number of carbonyl (C=O) groups excluding carboxylic acids is 1. The van der Waals surface area contributed by atoms with Gasteiger partial charge in [0, 0.05) is 38.2 Å². The van der Waals surface area contributed by atoms with E-state index in [2.05, 4.69) is 29.4 Å². The maximum absolute atomic E-state index is 12.9. The van der Waals surface area contributed by atoms with E-state index < -0.39 is 18.0 Å². The van der Waals surface area contributed by atoms with Crippen LogP contribution in [0.15, 0.2) is 60.9 Å². The molecule has 2 unspecified atom stereocenters. The number of aryl methyl sites for hydroxylation is 1. The maximum atomic E-state index is 12.9. The third-order valence-electron chi connectivity index (χ3n) is 6.38. The zero-order valence-electron chi connectivity index (χ0n) is 17.1. The summed E-state index contributed by atoms with van der Waals surface area (Å²) in [5, 5.41) is 13.8. The van der Waals surface area contributed by atoms with E-state index in [1.165, 1.54) is 16.0 Å². The normalized spacial score (nSPS) is 19.8. The summed E-state index contributed by atoms with van der Waals surface area (Å²) in [5.41, 5.74) is 5.46. The number of likely N-dealkylation sites (tertiary alicyclic amines) is 1. The second-order valence-electron chi connectivity index (χ2n) is 8.21. The SMILES string of the molecule is Cn1cc(C2CN(C(=O)OCC3c4ccccc4-c4ccccc43)CC2C(=O)O)cn1. The van der Waals surface area contributed by atoms with Crippen LogP contribution in [-0.4, -0.2) is 51.5 Å². The number of rotatable bonds is 4. The number of carboxylic acids is 1. The molecule has 1 aliphatic carbocycles. The molecule has 0 saturated carbocycles. The topological polar surface area (TPSA) is 84.7 Å². The Hall–Kier alpha value is -3.61. The molecule has 158 valence electrons. The minimum atomic E-state index is -0.914. The van der Waals surface area contributed by atoms with E-state index in [1.807, 2.05) is 30.5 Å². The fourth-order valence-electron chi connectivity index (χ4n) is 4.86. The van der Waals surface area contributed by atoms with Gasteiger partial charge in [-0.25, -0.2) is 4.79 Å². The van der Waals surface area contributed by atoms with Gasteiger partial charge in [0.05, 0.1) is 12.1 Å². The number of amides is 1. The number of carbonyl (C=O) groups is 2. The van der Waals surface area contributed by atoms with Gasteiger partial charge in [0.2, 0.25) is 0 Å². The second kappa shape index (κ2) is 7.58. The molecule has 1 aromatic heterocycles. The number of benzene rings is 2. The molecule has 31 heavy (non-hydrogen) atoms. The van der Waals surface area contributed by atoms with Gasteiger partial charge < -0.3 is 14.7 Å². The monoisotopic (exact) mass is 417 g/mol. The van der Waals surface area contributed by atoms with Crippen LogP contribution in [0.1, 0.15) is 28.5 Å². The van der Waals surface area contributed by atoms with Crippen LogP contribution >= 0.6 is 0 Å². The quantitative estimate of drug-likeness (QED) is 0.703. The number of aromatic nitrogens is 2. The molecule has 2 aromatic carbocycles. The summed E-state index contributed by atoms with van der Waals surface area (Å²) >= 11 is 0. The molecular weight excluding hydrogens is 394 g/mol. The first kappa shape index (κ1) is 19.4. The smallest absolute Gasteiger partial charge is 0.409 e. The van der Waals surface area contributed by atoms with Crippen LogP contribution < -0.4 is 0 Å². The van der Waals surface area contributed by atoms with Gasteiger partial charge in [-0.1, -0.05) is 48.5 Å². The number of aliphatic carboxylic acids is 1. The summed E-state index contributed by atoms with van der Waals surface area (Å²) in [6.07, 6.45) is 3.00. The Balaban J connectivity index is 1.32. The minimum absolute atomic E-state index is 0.0247. The van der Waals surface area contributed by atoms with Gasteiger partial charge in [-0.05, 0) is 27.8 Å². The van der Waals surface area contributed by atoms with Crippen LogP contribution in [0.4, 0.5) is 4.79 Å². The van der Waals surface area contributed by atoms with Crippen molar-refractivity contribution < 1.29 is 19.4 Å². The van der Waals surface area contributed by atoms with Crippen molar-refractivity contribution in [3.63, 3.8) is 0 Å². The van der Waals surface area contributed by atoms with Crippen molar-refractivity contribution in [3.05, 3.63) is 77.6 Å². The summed E-state index contributed by atoms with van der Waals surface area (Å²) in [4.78, 5) is 26.2. The van der Waals surface area contributed by atoms with Gasteiger partial charge in [0.25, 0.3) is 0 Å². The first-order valence-electron chi connectivity index (χ1n) is 10.3. The number of hydrogen-bond acceptors (Lipinski definition) is 4. The number of nitrogens with zero attached hydrogens (tertiary/aromatic N) is 3. The van der Waals surface area contributed by atoms with E-state index in [0.717, 1.165) is 16.7 Å². The van der Waals surface area contributed by atoms with E-state index in [1.54, 1.807) is 17.9 Å². The van der Waals surface area contributed by atoms with Gasteiger partial charge in [-0.3, -0.25) is 9.48 Å². The molecule has 2 aliphatic rings. The van der Waals surface area contributed by atoms with E-state index in [9.17, 15) is 14.7 Å². The third-order valence-corrected chi connectivity index (χ3v) is 6.38. The van der Waals surface area contributed by atoms with E-state index in [0.29, 0.717) is 6.54 Å². The van der Waals surface area contributed by atoms with Crippen molar-refractivity contribution >= 4 is 12.1 Å². The lowest BCUT2D eigenvalue weighted by molar-refractivity contribution is -0.141. The van der Waals surface area contributed by atoms with E-state index >= 15 is 0 Å². The van der Waals surface area contributed by atoms with E-state index in [-0.39, 0.29) is 25.0 Å². The summed E-state index contributed by atoms with van der Waals surface area (Å²) < 4.78 is 7.36. The van der Waals surface area contributed by atoms with Crippen molar-refractivity contribution in [1.82, 2.24) is 14.7 Å². The lowest BCUT2D eigenvalue weighted by Crippen LogP contribution is -2.31. The molecule has 0 bridgehead atoms. The Kier molecular flexibility index (Phi) is 4.73. The summed E-state index contributed by atoms with van der Waals surface area (Å²) in [7, 11) is 1.79. The Labute approximate surface area is 179 Å². The summed E-state index contributed by atoms with van der Waals surface area (Å²) in [5.74, 6) is -1.91. The zero-order chi connectivity index (χ0) is 21.5. The molecule has 1 aliphatic heterocycles. The molecule has 2 heterocycles. The van der Waals surface area contributed by atoms with Crippen molar-refractivity contribution in [1.29, 1.82) is 0 Å².